The quantitative estimate of drug-likeness (QED) is 0.411. The summed E-state index contributed by atoms with van der Waals surface area (Å²) >= 11 is 1.91. The second-order valence-electron chi connectivity index (χ2n) is 5.53. The van der Waals surface area contributed by atoms with Crippen molar-refractivity contribution in [3.63, 3.8) is 0 Å². The van der Waals surface area contributed by atoms with E-state index in [-0.39, 0.29) is 30.5 Å². The minimum Gasteiger partial charge on any atom is -0.354 e. The van der Waals surface area contributed by atoms with Crippen LogP contribution in [0, 0.1) is 11.6 Å². The molecular weight excluding hydrogens is 431 g/mol. The van der Waals surface area contributed by atoms with Gasteiger partial charge in [-0.1, -0.05) is 6.42 Å². The molecule has 1 saturated carbocycles. The van der Waals surface area contributed by atoms with E-state index in [0.29, 0.717) is 22.8 Å². The molecule has 3 nitrogen and oxygen atoms in total. The standard InChI is InChI=1S/C16H23F2N3S.HI/c1-19-16(21-13-4-3-5-14(9-13)22-2)20-10-11-8-12(17)6-7-15(11)18;/h6-8,13-14H,3-5,9-10H2,1-2H3,(H2,19,20,21);1H. The van der Waals surface area contributed by atoms with Crippen LogP contribution in [0.5, 0.6) is 0 Å². The van der Waals surface area contributed by atoms with Gasteiger partial charge in [0.25, 0.3) is 0 Å². The van der Waals surface area contributed by atoms with Crippen LogP contribution >= 0.6 is 35.7 Å². The lowest BCUT2D eigenvalue weighted by atomic mass is 9.95. The molecule has 1 aliphatic carbocycles. The molecule has 1 aliphatic rings. The fourth-order valence-electron chi connectivity index (χ4n) is 2.74. The van der Waals surface area contributed by atoms with Gasteiger partial charge < -0.3 is 10.6 Å². The van der Waals surface area contributed by atoms with E-state index in [9.17, 15) is 8.78 Å². The van der Waals surface area contributed by atoms with Crippen LogP contribution in [0.4, 0.5) is 8.78 Å². The van der Waals surface area contributed by atoms with Gasteiger partial charge in [0.15, 0.2) is 5.96 Å². The number of nitrogens with zero attached hydrogens (tertiary/aromatic N) is 1. The number of guanidine groups is 1. The van der Waals surface area contributed by atoms with Crippen molar-refractivity contribution in [1.82, 2.24) is 10.6 Å². The van der Waals surface area contributed by atoms with E-state index in [4.69, 9.17) is 0 Å². The minimum absolute atomic E-state index is 0. The first-order valence-electron chi connectivity index (χ1n) is 7.56. The topological polar surface area (TPSA) is 36.4 Å². The van der Waals surface area contributed by atoms with Crippen LogP contribution < -0.4 is 10.6 Å². The number of hydrogen-bond donors (Lipinski definition) is 2. The number of benzene rings is 1. The van der Waals surface area contributed by atoms with Crippen LogP contribution in [0.25, 0.3) is 0 Å². The third-order valence-corrected chi connectivity index (χ3v) is 5.07. The van der Waals surface area contributed by atoms with Gasteiger partial charge in [-0.25, -0.2) is 8.78 Å². The Morgan fingerprint density at radius 3 is 2.83 bits per heavy atom. The van der Waals surface area contributed by atoms with Crippen LogP contribution in [0.2, 0.25) is 0 Å². The number of nitrogens with one attached hydrogen (secondary N) is 2. The van der Waals surface area contributed by atoms with Crippen molar-refractivity contribution in [2.45, 2.75) is 43.5 Å². The van der Waals surface area contributed by atoms with Gasteiger partial charge in [-0.05, 0) is 43.7 Å². The van der Waals surface area contributed by atoms with Crippen molar-refractivity contribution >= 4 is 41.7 Å². The molecule has 2 rings (SSSR count). The highest BCUT2D eigenvalue weighted by molar-refractivity contribution is 14.0. The molecule has 0 radical (unpaired) electrons. The van der Waals surface area contributed by atoms with Crippen LogP contribution in [0.3, 0.4) is 0 Å². The molecule has 130 valence electrons. The van der Waals surface area contributed by atoms with Gasteiger partial charge in [-0.2, -0.15) is 11.8 Å². The van der Waals surface area contributed by atoms with E-state index < -0.39 is 11.6 Å². The van der Waals surface area contributed by atoms with E-state index in [0.717, 1.165) is 25.0 Å². The molecule has 2 atom stereocenters. The lowest BCUT2D eigenvalue weighted by molar-refractivity contribution is 0.419. The maximum Gasteiger partial charge on any atom is 0.191 e. The Bertz CT molecular complexity index is 528. The fourth-order valence-corrected chi connectivity index (χ4v) is 3.56. The van der Waals surface area contributed by atoms with Crippen LogP contribution in [0.15, 0.2) is 23.2 Å². The molecule has 0 amide bonds. The molecule has 0 aromatic heterocycles. The Morgan fingerprint density at radius 2 is 2.13 bits per heavy atom. The fraction of sp³-hybridized carbons (Fsp3) is 0.562. The van der Waals surface area contributed by atoms with Crippen molar-refractivity contribution in [1.29, 1.82) is 0 Å². The molecule has 1 aromatic carbocycles. The minimum atomic E-state index is -0.434. The third-order valence-electron chi connectivity index (χ3n) is 3.98. The predicted molar refractivity (Wildman–Crippen MR) is 105 cm³/mol. The molecule has 23 heavy (non-hydrogen) atoms. The van der Waals surface area contributed by atoms with Gasteiger partial charge in [0.2, 0.25) is 0 Å². The summed E-state index contributed by atoms with van der Waals surface area (Å²) in [6, 6.07) is 3.86. The molecule has 7 heteroatoms. The monoisotopic (exact) mass is 455 g/mol. The third kappa shape index (κ3) is 6.45. The number of thioether (sulfide) groups is 1. The summed E-state index contributed by atoms with van der Waals surface area (Å²) < 4.78 is 26.8. The van der Waals surface area contributed by atoms with Crippen molar-refractivity contribution in [3.05, 3.63) is 35.4 Å². The average molecular weight is 455 g/mol. The summed E-state index contributed by atoms with van der Waals surface area (Å²) in [5.74, 6) is -0.212. The first-order valence-corrected chi connectivity index (χ1v) is 8.85. The highest BCUT2D eigenvalue weighted by Crippen LogP contribution is 2.26. The largest absolute Gasteiger partial charge is 0.354 e. The molecular formula is C16H24F2IN3S. The Hall–Kier alpha value is -0.570. The van der Waals surface area contributed by atoms with Crippen molar-refractivity contribution < 1.29 is 8.78 Å². The zero-order chi connectivity index (χ0) is 15.9. The van der Waals surface area contributed by atoms with Crippen LogP contribution in [0.1, 0.15) is 31.2 Å². The highest BCUT2D eigenvalue weighted by atomic mass is 127. The molecule has 2 N–H and O–H groups in total. The predicted octanol–water partition coefficient (Wildman–Crippen LogP) is 3.92. The Labute approximate surface area is 158 Å². The molecule has 0 aliphatic heterocycles. The van der Waals surface area contributed by atoms with Crippen molar-refractivity contribution in [2.24, 2.45) is 4.99 Å². The zero-order valence-electron chi connectivity index (χ0n) is 13.4. The van der Waals surface area contributed by atoms with Crippen molar-refractivity contribution in [2.75, 3.05) is 13.3 Å². The number of rotatable bonds is 4. The maximum absolute atomic E-state index is 13.6. The number of hydrogen-bond acceptors (Lipinski definition) is 2. The van der Waals surface area contributed by atoms with Gasteiger partial charge in [0, 0.05) is 30.4 Å². The number of halogens is 3. The van der Waals surface area contributed by atoms with Crippen LogP contribution in [-0.2, 0) is 6.54 Å². The van der Waals surface area contributed by atoms with E-state index in [1.807, 2.05) is 11.8 Å². The summed E-state index contributed by atoms with van der Waals surface area (Å²) in [5.41, 5.74) is 0.300. The second kappa shape index (κ2) is 10.3. The van der Waals surface area contributed by atoms with Crippen molar-refractivity contribution in [3.8, 4) is 0 Å². The van der Waals surface area contributed by atoms with E-state index in [1.54, 1.807) is 7.05 Å². The Morgan fingerprint density at radius 1 is 1.35 bits per heavy atom. The SMILES string of the molecule is CN=C(NCc1cc(F)ccc1F)NC1CCCC(SC)C1.I. The van der Waals surface area contributed by atoms with E-state index >= 15 is 0 Å². The Kier molecular flexibility index (Phi) is 9.19. The second-order valence-corrected chi connectivity index (χ2v) is 6.67. The summed E-state index contributed by atoms with van der Waals surface area (Å²) in [6.45, 7) is 0.210. The van der Waals surface area contributed by atoms with E-state index in [2.05, 4.69) is 21.9 Å². The lowest BCUT2D eigenvalue weighted by Gasteiger charge is -2.29. The molecule has 0 bridgehead atoms. The summed E-state index contributed by atoms with van der Waals surface area (Å²) in [4.78, 5) is 4.17. The molecule has 2 unspecified atom stereocenters. The maximum atomic E-state index is 13.6. The van der Waals surface area contributed by atoms with Gasteiger partial charge in [0.05, 0.1) is 0 Å². The molecule has 0 heterocycles. The zero-order valence-corrected chi connectivity index (χ0v) is 16.6. The normalized spacial score (nSPS) is 21.5. The summed E-state index contributed by atoms with van der Waals surface area (Å²) in [7, 11) is 1.69. The average Bonchev–Trinajstić information content (AvgIpc) is 2.54. The van der Waals surface area contributed by atoms with Gasteiger partial charge in [0.1, 0.15) is 11.6 Å². The van der Waals surface area contributed by atoms with Crippen LogP contribution in [-0.4, -0.2) is 30.6 Å². The molecule has 0 saturated heterocycles. The first kappa shape index (κ1) is 20.5. The smallest absolute Gasteiger partial charge is 0.191 e. The number of aliphatic imine (C=N–C) groups is 1. The molecule has 1 aromatic rings. The molecule has 1 fully saturated rings. The first-order chi connectivity index (χ1) is 10.6. The summed E-state index contributed by atoms with van der Waals surface area (Å²) in [5, 5.41) is 7.13. The molecule has 0 spiro atoms. The van der Waals surface area contributed by atoms with E-state index in [1.165, 1.54) is 18.9 Å². The van der Waals surface area contributed by atoms with Gasteiger partial charge in [-0.3, -0.25) is 4.99 Å². The lowest BCUT2D eigenvalue weighted by Crippen LogP contribution is -2.45. The van der Waals surface area contributed by atoms with Gasteiger partial charge in [-0.15, -0.1) is 24.0 Å². The highest BCUT2D eigenvalue weighted by Gasteiger charge is 2.21. The Balaban J connectivity index is 0.00000264. The summed E-state index contributed by atoms with van der Waals surface area (Å²) in [6.07, 6.45) is 6.84. The van der Waals surface area contributed by atoms with Gasteiger partial charge >= 0.3 is 0 Å².